The predicted molar refractivity (Wildman–Crippen MR) is 69.0 cm³/mol. The van der Waals surface area contributed by atoms with Crippen LogP contribution in [-0.2, 0) is 6.42 Å². The van der Waals surface area contributed by atoms with E-state index < -0.39 is 0 Å². The standard InChI is InChI=1S/C13H17N5O/c14-10-4-2-1-3-9(10)7-12-17-13(18-19-12)11-8-15-5-6-16-11/h5-6,8-10H,1-4,7,14H2. The molecule has 2 aromatic heterocycles. The normalized spacial score (nSPS) is 23.4. The molecule has 2 unspecified atom stereocenters. The van der Waals surface area contributed by atoms with Gasteiger partial charge < -0.3 is 10.3 Å². The van der Waals surface area contributed by atoms with Crippen molar-refractivity contribution in [3.8, 4) is 11.5 Å². The van der Waals surface area contributed by atoms with Crippen molar-refractivity contribution in [3.05, 3.63) is 24.5 Å². The molecule has 1 aliphatic carbocycles. The van der Waals surface area contributed by atoms with Crippen molar-refractivity contribution in [2.75, 3.05) is 0 Å². The van der Waals surface area contributed by atoms with Crippen LogP contribution in [0, 0.1) is 5.92 Å². The Labute approximate surface area is 111 Å². The Balaban J connectivity index is 1.71. The van der Waals surface area contributed by atoms with Gasteiger partial charge in [0.25, 0.3) is 0 Å². The lowest BCUT2D eigenvalue weighted by molar-refractivity contribution is 0.273. The molecule has 0 amide bonds. The van der Waals surface area contributed by atoms with Gasteiger partial charge in [-0.3, -0.25) is 4.98 Å². The van der Waals surface area contributed by atoms with Crippen molar-refractivity contribution >= 4 is 0 Å². The monoisotopic (exact) mass is 259 g/mol. The Morgan fingerprint density at radius 3 is 2.95 bits per heavy atom. The SMILES string of the molecule is NC1CCCCC1Cc1nc(-c2cnccn2)no1. The number of hydrogen-bond acceptors (Lipinski definition) is 6. The second kappa shape index (κ2) is 5.44. The van der Waals surface area contributed by atoms with Gasteiger partial charge in [0.15, 0.2) is 0 Å². The molecule has 0 spiro atoms. The van der Waals surface area contributed by atoms with Crippen LogP contribution in [0.1, 0.15) is 31.6 Å². The molecule has 0 saturated heterocycles. The first-order chi connectivity index (χ1) is 9.33. The Hall–Kier alpha value is -1.82. The van der Waals surface area contributed by atoms with E-state index in [1.807, 2.05) is 0 Å². The van der Waals surface area contributed by atoms with E-state index in [-0.39, 0.29) is 6.04 Å². The minimum absolute atomic E-state index is 0.251. The Bertz CT molecular complexity index is 527. The van der Waals surface area contributed by atoms with Gasteiger partial charge in [0.1, 0.15) is 5.69 Å². The average Bonchev–Trinajstić information content (AvgIpc) is 2.91. The summed E-state index contributed by atoms with van der Waals surface area (Å²) in [5, 5.41) is 3.95. The second-order valence-electron chi connectivity index (χ2n) is 5.01. The molecule has 1 saturated carbocycles. The van der Waals surface area contributed by atoms with Crippen LogP contribution in [0.4, 0.5) is 0 Å². The number of aromatic nitrogens is 4. The van der Waals surface area contributed by atoms with Crippen LogP contribution >= 0.6 is 0 Å². The molecule has 0 bridgehead atoms. The zero-order valence-electron chi connectivity index (χ0n) is 10.7. The minimum Gasteiger partial charge on any atom is -0.339 e. The molecule has 6 heteroatoms. The summed E-state index contributed by atoms with van der Waals surface area (Å²) in [6.45, 7) is 0. The number of rotatable bonds is 3. The fraction of sp³-hybridized carbons (Fsp3) is 0.538. The molecule has 0 aliphatic heterocycles. The molecule has 2 atom stereocenters. The van der Waals surface area contributed by atoms with E-state index in [2.05, 4.69) is 20.1 Å². The van der Waals surface area contributed by atoms with Crippen LogP contribution in [0.15, 0.2) is 23.1 Å². The highest BCUT2D eigenvalue weighted by atomic mass is 16.5. The highest BCUT2D eigenvalue weighted by molar-refractivity contribution is 5.45. The molecule has 1 aliphatic rings. The van der Waals surface area contributed by atoms with Gasteiger partial charge in [0, 0.05) is 24.9 Å². The Kier molecular flexibility index (Phi) is 3.50. The molecule has 2 heterocycles. The third-order valence-corrected chi connectivity index (χ3v) is 3.67. The third-order valence-electron chi connectivity index (χ3n) is 3.67. The summed E-state index contributed by atoms with van der Waals surface area (Å²) in [5.41, 5.74) is 6.76. The number of nitrogens with two attached hydrogens (primary N) is 1. The van der Waals surface area contributed by atoms with Crippen molar-refractivity contribution < 1.29 is 4.52 Å². The maximum Gasteiger partial charge on any atom is 0.227 e. The highest BCUT2D eigenvalue weighted by Gasteiger charge is 2.24. The minimum atomic E-state index is 0.251. The summed E-state index contributed by atoms with van der Waals surface area (Å²) in [6.07, 6.45) is 10.3. The van der Waals surface area contributed by atoms with Crippen LogP contribution in [0.25, 0.3) is 11.5 Å². The summed E-state index contributed by atoms with van der Waals surface area (Å²) < 4.78 is 5.29. The first-order valence-electron chi connectivity index (χ1n) is 6.67. The van der Waals surface area contributed by atoms with Crippen molar-refractivity contribution in [1.82, 2.24) is 20.1 Å². The predicted octanol–water partition coefficient (Wildman–Crippen LogP) is 1.59. The zero-order chi connectivity index (χ0) is 13.1. The van der Waals surface area contributed by atoms with E-state index in [9.17, 15) is 0 Å². The lowest BCUT2D eigenvalue weighted by Crippen LogP contribution is -2.34. The molecular weight excluding hydrogens is 242 g/mol. The van der Waals surface area contributed by atoms with Gasteiger partial charge in [-0.05, 0) is 18.8 Å². The molecule has 2 aromatic rings. The lowest BCUT2D eigenvalue weighted by atomic mass is 9.83. The van der Waals surface area contributed by atoms with Crippen molar-refractivity contribution in [1.29, 1.82) is 0 Å². The summed E-state index contributed by atoms with van der Waals surface area (Å²) in [7, 11) is 0. The van der Waals surface area contributed by atoms with Gasteiger partial charge in [-0.2, -0.15) is 4.98 Å². The molecule has 1 fully saturated rings. The maximum atomic E-state index is 6.13. The first kappa shape index (κ1) is 12.2. The largest absolute Gasteiger partial charge is 0.339 e. The van der Waals surface area contributed by atoms with Crippen LogP contribution in [-0.4, -0.2) is 26.2 Å². The molecule has 6 nitrogen and oxygen atoms in total. The van der Waals surface area contributed by atoms with E-state index in [1.54, 1.807) is 18.6 Å². The van der Waals surface area contributed by atoms with Gasteiger partial charge in [-0.15, -0.1) is 0 Å². The second-order valence-corrected chi connectivity index (χ2v) is 5.01. The third kappa shape index (κ3) is 2.78. The summed E-state index contributed by atoms with van der Waals surface area (Å²) in [6, 6.07) is 0.251. The van der Waals surface area contributed by atoms with Gasteiger partial charge in [-0.1, -0.05) is 18.0 Å². The zero-order valence-corrected chi connectivity index (χ0v) is 10.7. The van der Waals surface area contributed by atoms with E-state index in [4.69, 9.17) is 10.3 Å². The topological polar surface area (TPSA) is 90.7 Å². The number of nitrogens with zero attached hydrogens (tertiary/aromatic N) is 4. The van der Waals surface area contributed by atoms with Gasteiger partial charge in [0.2, 0.25) is 11.7 Å². The van der Waals surface area contributed by atoms with Crippen molar-refractivity contribution in [2.45, 2.75) is 38.1 Å². The fourth-order valence-electron chi connectivity index (χ4n) is 2.57. The Morgan fingerprint density at radius 2 is 2.16 bits per heavy atom. The van der Waals surface area contributed by atoms with Gasteiger partial charge >= 0.3 is 0 Å². The first-order valence-corrected chi connectivity index (χ1v) is 6.67. The molecule has 100 valence electrons. The molecule has 0 radical (unpaired) electrons. The van der Waals surface area contributed by atoms with E-state index >= 15 is 0 Å². The molecular formula is C13H17N5O. The van der Waals surface area contributed by atoms with E-state index in [0.717, 1.165) is 19.3 Å². The summed E-state index contributed by atoms with van der Waals surface area (Å²) >= 11 is 0. The number of hydrogen-bond donors (Lipinski definition) is 1. The lowest BCUT2D eigenvalue weighted by Gasteiger charge is -2.27. The summed E-state index contributed by atoms with van der Waals surface area (Å²) in [5.74, 6) is 1.58. The van der Waals surface area contributed by atoms with Crippen LogP contribution < -0.4 is 5.73 Å². The molecule has 0 aromatic carbocycles. The Morgan fingerprint density at radius 1 is 1.26 bits per heavy atom. The van der Waals surface area contributed by atoms with Crippen molar-refractivity contribution in [2.24, 2.45) is 11.7 Å². The molecule has 3 rings (SSSR count). The average molecular weight is 259 g/mol. The molecule has 2 N–H and O–H groups in total. The fourth-order valence-corrected chi connectivity index (χ4v) is 2.57. The summed E-state index contributed by atoms with van der Waals surface area (Å²) in [4.78, 5) is 12.5. The van der Waals surface area contributed by atoms with Gasteiger partial charge in [-0.25, -0.2) is 4.98 Å². The van der Waals surface area contributed by atoms with Crippen LogP contribution in [0.3, 0.4) is 0 Å². The highest BCUT2D eigenvalue weighted by Crippen LogP contribution is 2.26. The van der Waals surface area contributed by atoms with Crippen molar-refractivity contribution in [3.63, 3.8) is 0 Å². The quantitative estimate of drug-likeness (QED) is 0.900. The van der Waals surface area contributed by atoms with E-state index in [0.29, 0.717) is 23.3 Å². The molecule has 19 heavy (non-hydrogen) atoms. The maximum absolute atomic E-state index is 6.13. The smallest absolute Gasteiger partial charge is 0.227 e. The van der Waals surface area contributed by atoms with E-state index in [1.165, 1.54) is 12.8 Å². The van der Waals surface area contributed by atoms with Gasteiger partial charge in [0.05, 0.1) is 6.20 Å². The van der Waals surface area contributed by atoms with Crippen LogP contribution in [0.5, 0.6) is 0 Å². The van der Waals surface area contributed by atoms with Crippen LogP contribution in [0.2, 0.25) is 0 Å².